The fraction of sp³-hybridized carbons (Fsp3) is 0.405. The second-order valence-electron chi connectivity index (χ2n) is 13.0. The number of hydrogen-bond donors (Lipinski definition) is 0. The van der Waals surface area contributed by atoms with Gasteiger partial charge in [-0.1, -0.05) is 54.4 Å². The van der Waals surface area contributed by atoms with Gasteiger partial charge >= 0.3 is 0 Å². The number of pyridine rings is 1. The molecule has 4 aromatic rings. The highest BCUT2D eigenvalue weighted by molar-refractivity contribution is 9.10. The predicted molar refractivity (Wildman–Crippen MR) is 186 cm³/mol. The van der Waals surface area contributed by atoms with Gasteiger partial charge in [0.15, 0.2) is 0 Å². The van der Waals surface area contributed by atoms with Crippen LogP contribution >= 0.6 is 27.5 Å². The van der Waals surface area contributed by atoms with Crippen molar-refractivity contribution in [2.24, 2.45) is 5.92 Å². The van der Waals surface area contributed by atoms with Crippen LogP contribution in [0.5, 0.6) is 0 Å². The van der Waals surface area contributed by atoms with E-state index in [4.69, 9.17) is 16.6 Å². The molecule has 2 atom stereocenters. The van der Waals surface area contributed by atoms with Crippen molar-refractivity contribution in [1.82, 2.24) is 29.2 Å². The molecule has 244 valence electrons. The molecule has 0 N–H and O–H groups in total. The number of rotatable bonds is 9. The van der Waals surface area contributed by atoms with Gasteiger partial charge in [0.05, 0.1) is 18.1 Å². The quantitative estimate of drug-likeness (QED) is 0.203. The van der Waals surface area contributed by atoms with Crippen molar-refractivity contribution in [3.05, 3.63) is 117 Å². The SMILES string of the molecule is O=C([C@H]1CN([C@H]2c3ccc(Cl)cc3CCc3cc(Br)cnc32)CCN1C(=O)C1CCC1)N(CCCn1ccnc1)Cc1ccccc1. The van der Waals surface area contributed by atoms with E-state index in [2.05, 4.69) is 56.1 Å². The minimum Gasteiger partial charge on any atom is -0.337 e. The second kappa shape index (κ2) is 14.3. The first-order valence-corrected chi connectivity index (χ1v) is 17.9. The zero-order chi connectivity index (χ0) is 32.3. The number of amides is 2. The molecule has 1 aliphatic heterocycles. The van der Waals surface area contributed by atoms with Crippen LogP contribution in [0.3, 0.4) is 0 Å². The number of halogens is 2. The Morgan fingerprint density at radius 3 is 2.62 bits per heavy atom. The molecule has 8 nitrogen and oxygen atoms in total. The van der Waals surface area contributed by atoms with Crippen molar-refractivity contribution < 1.29 is 9.59 Å². The number of imidazole rings is 1. The van der Waals surface area contributed by atoms with Crippen LogP contribution in [0.1, 0.15) is 59.7 Å². The van der Waals surface area contributed by atoms with E-state index >= 15 is 0 Å². The standard InChI is InChI=1S/C37H40BrClN6O2/c38-30-20-29-11-10-28-21-31(39)12-13-32(28)35(34(29)41-22-30)43-18-19-45(36(46)27-8-4-9-27)33(24-43)37(47)44(23-26-6-2-1-3-7-26)16-5-15-42-17-14-40-25-42/h1-3,6-7,12-14,17,20-22,25,27,33,35H,4-5,8-11,15-16,18-19,23-24H2/t33-,35+/m1/s1. The summed E-state index contributed by atoms with van der Waals surface area (Å²) in [7, 11) is 0. The normalized spacial score (nSPS) is 19.7. The van der Waals surface area contributed by atoms with Crippen LogP contribution in [0.15, 0.2) is 84.0 Å². The van der Waals surface area contributed by atoms with Crippen LogP contribution in [0.2, 0.25) is 5.02 Å². The molecule has 0 radical (unpaired) electrons. The summed E-state index contributed by atoms with van der Waals surface area (Å²) in [5.74, 6) is 0.148. The van der Waals surface area contributed by atoms with Crippen molar-refractivity contribution in [2.45, 2.75) is 63.7 Å². The number of carbonyl (C=O) groups is 2. The lowest BCUT2D eigenvalue weighted by atomic mass is 9.83. The average molecular weight is 716 g/mol. The Morgan fingerprint density at radius 2 is 1.85 bits per heavy atom. The first kappa shape index (κ1) is 32.0. The summed E-state index contributed by atoms with van der Waals surface area (Å²) in [6.07, 6.45) is 12.8. The molecule has 0 spiro atoms. The molecule has 47 heavy (non-hydrogen) atoms. The fourth-order valence-electron chi connectivity index (χ4n) is 7.33. The van der Waals surface area contributed by atoms with Crippen LogP contribution in [0.4, 0.5) is 0 Å². The van der Waals surface area contributed by atoms with Gasteiger partial charge in [-0.25, -0.2) is 4.98 Å². The largest absolute Gasteiger partial charge is 0.337 e. The van der Waals surface area contributed by atoms with E-state index < -0.39 is 6.04 Å². The molecule has 1 saturated carbocycles. The maximum absolute atomic E-state index is 14.9. The molecule has 3 aliphatic rings. The Morgan fingerprint density at radius 1 is 1.02 bits per heavy atom. The summed E-state index contributed by atoms with van der Waals surface area (Å²) < 4.78 is 2.99. The molecule has 3 heterocycles. The minimum absolute atomic E-state index is 0.00537. The number of hydrogen-bond acceptors (Lipinski definition) is 5. The van der Waals surface area contributed by atoms with Crippen molar-refractivity contribution >= 4 is 39.3 Å². The molecule has 10 heteroatoms. The first-order chi connectivity index (χ1) is 22.9. The summed E-state index contributed by atoms with van der Waals surface area (Å²) in [5.41, 5.74) is 5.66. The lowest BCUT2D eigenvalue weighted by Crippen LogP contribution is -2.62. The fourth-order valence-corrected chi connectivity index (χ4v) is 7.90. The van der Waals surface area contributed by atoms with E-state index in [-0.39, 0.29) is 23.8 Å². The van der Waals surface area contributed by atoms with Gasteiger partial charge in [-0.05, 0) is 88.5 Å². The molecule has 2 aliphatic carbocycles. The summed E-state index contributed by atoms with van der Waals surface area (Å²) >= 11 is 10.1. The highest BCUT2D eigenvalue weighted by atomic mass is 79.9. The molecule has 2 fully saturated rings. The van der Waals surface area contributed by atoms with E-state index in [0.717, 1.165) is 65.8 Å². The van der Waals surface area contributed by atoms with Crippen molar-refractivity contribution in [3.8, 4) is 0 Å². The zero-order valence-electron chi connectivity index (χ0n) is 26.5. The molecule has 1 saturated heterocycles. The number of piperazine rings is 1. The van der Waals surface area contributed by atoms with E-state index in [1.807, 2.05) is 57.4 Å². The summed E-state index contributed by atoms with van der Waals surface area (Å²) in [6, 6.07) is 17.7. The molecule has 2 amide bonds. The maximum Gasteiger partial charge on any atom is 0.247 e. The van der Waals surface area contributed by atoms with Crippen LogP contribution in [-0.4, -0.2) is 73.3 Å². The molecule has 2 aromatic heterocycles. The topological polar surface area (TPSA) is 74.6 Å². The Labute approximate surface area is 289 Å². The van der Waals surface area contributed by atoms with Gasteiger partial charge in [0.25, 0.3) is 0 Å². The van der Waals surface area contributed by atoms with Crippen LogP contribution in [0.25, 0.3) is 0 Å². The van der Waals surface area contributed by atoms with Crippen molar-refractivity contribution in [1.29, 1.82) is 0 Å². The Balaban J connectivity index is 1.23. The molecular formula is C37H40BrClN6O2. The number of carbonyl (C=O) groups excluding carboxylic acids is 2. The van der Waals surface area contributed by atoms with Gasteiger partial charge in [0, 0.05) is 73.3 Å². The molecule has 0 unspecified atom stereocenters. The minimum atomic E-state index is -0.591. The van der Waals surface area contributed by atoms with E-state index in [1.54, 1.807) is 6.20 Å². The predicted octanol–water partition coefficient (Wildman–Crippen LogP) is 6.31. The Bertz CT molecular complexity index is 1660. The molecule has 7 rings (SSSR count). The van der Waals surface area contributed by atoms with Gasteiger partial charge in [-0.15, -0.1) is 0 Å². The Kier molecular flexibility index (Phi) is 9.75. The maximum atomic E-state index is 14.9. The number of benzene rings is 2. The number of fused-ring (bicyclic) bond motifs is 2. The smallest absolute Gasteiger partial charge is 0.247 e. The summed E-state index contributed by atoms with van der Waals surface area (Å²) in [4.78, 5) is 44.2. The van der Waals surface area contributed by atoms with Gasteiger partial charge in [-0.2, -0.15) is 0 Å². The summed E-state index contributed by atoms with van der Waals surface area (Å²) in [6.45, 7) is 3.44. The van der Waals surface area contributed by atoms with Crippen molar-refractivity contribution in [3.63, 3.8) is 0 Å². The van der Waals surface area contributed by atoms with Crippen LogP contribution in [-0.2, 0) is 35.5 Å². The van der Waals surface area contributed by atoms with E-state index in [1.165, 1.54) is 16.7 Å². The number of nitrogens with zero attached hydrogens (tertiary/aromatic N) is 6. The third kappa shape index (κ3) is 7.03. The van der Waals surface area contributed by atoms with Gasteiger partial charge in [0.1, 0.15) is 6.04 Å². The third-order valence-electron chi connectivity index (χ3n) is 10.0. The monoisotopic (exact) mass is 714 g/mol. The molecule has 2 aromatic carbocycles. The van der Waals surface area contributed by atoms with Crippen molar-refractivity contribution in [2.75, 3.05) is 26.2 Å². The third-order valence-corrected chi connectivity index (χ3v) is 10.7. The highest BCUT2D eigenvalue weighted by Crippen LogP contribution is 2.39. The lowest BCUT2D eigenvalue weighted by molar-refractivity contribution is -0.154. The second-order valence-corrected chi connectivity index (χ2v) is 14.4. The Hall–Kier alpha value is -3.53. The molecule has 0 bridgehead atoms. The van der Waals surface area contributed by atoms with Crippen LogP contribution in [0, 0.1) is 5.92 Å². The van der Waals surface area contributed by atoms with Gasteiger partial charge in [-0.3, -0.25) is 19.5 Å². The molecular weight excluding hydrogens is 676 g/mol. The van der Waals surface area contributed by atoms with E-state index in [9.17, 15) is 9.59 Å². The van der Waals surface area contributed by atoms with E-state index in [0.29, 0.717) is 32.7 Å². The van der Waals surface area contributed by atoms with Gasteiger partial charge < -0.3 is 14.4 Å². The number of aromatic nitrogens is 3. The average Bonchev–Trinajstić information content (AvgIpc) is 3.52. The zero-order valence-corrected chi connectivity index (χ0v) is 28.8. The number of aryl methyl sites for hydroxylation is 3. The first-order valence-electron chi connectivity index (χ1n) is 16.7. The lowest BCUT2D eigenvalue weighted by Gasteiger charge is -2.46. The van der Waals surface area contributed by atoms with Gasteiger partial charge in [0.2, 0.25) is 11.8 Å². The highest BCUT2D eigenvalue weighted by Gasteiger charge is 2.43. The summed E-state index contributed by atoms with van der Waals surface area (Å²) in [5, 5.41) is 0.721. The van der Waals surface area contributed by atoms with Crippen LogP contribution < -0.4 is 0 Å².